The second kappa shape index (κ2) is 5.61. The van der Waals surface area contributed by atoms with Crippen LogP contribution >= 0.6 is 15.9 Å². The molecule has 7 heteroatoms. The number of aliphatic imine (C=N–C) groups is 1. The Morgan fingerprint density at radius 3 is 2.88 bits per heavy atom. The molecular weight excluding hydrogens is 374 g/mol. The Morgan fingerprint density at radius 1 is 1.33 bits per heavy atom. The highest BCUT2D eigenvalue weighted by Crippen LogP contribution is 2.48. The van der Waals surface area contributed by atoms with E-state index >= 15 is 0 Å². The van der Waals surface area contributed by atoms with Crippen molar-refractivity contribution < 1.29 is 14.3 Å². The van der Waals surface area contributed by atoms with Gasteiger partial charge in [0.25, 0.3) is 0 Å². The lowest BCUT2D eigenvalue weighted by molar-refractivity contribution is -0.131. The summed E-state index contributed by atoms with van der Waals surface area (Å²) < 4.78 is 13.2. The smallest absolute Gasteiger partial charge is 0.221 e. The number of guanidine groups is 1. The van der Waals surface area contributed by atoms with Crippen molar-refractivity contribution in [2.45, 2.75) is 50.5 Å². The minimum atomic E-state index is -0.825. The van der Waals surface area contributed by atoms with E-state index in [1.807, 2.05) is 18.2 Å². The maximum atomic E-state index is 6.35. The number of nitrogens with two attached hydrogens (primary N) is 1. The van der Waals surface area contributed by atoms with E-state index in [0.29, 0.717) is 18.3 Å². The number of ether oxygens (including phenoxy) is 2. The van der Waals surface area contributed by atoms with Gasteiger partial charge in [0.15, 0.2) is 0 Å². The fourth-order valence-corrected chi connectivity index (χ4v) is 4.30. The molecule has 24 heavy (non-hydrogen) atoms. The predicted molar refractivity (Wildman–Crippen MR) is 93.5 cm³/mol. The molecule has 4 rings (SSSR count). The number of nitrogens with one attached hydrogen (secondary N) is 1. The van der Waals surface area contributed by atoms with Crippen molar-refractivity contribution in [3.8, 4) is 5.75 Å². The highest BCUT2D eigenvalue weighted by molar-refractivity contribution is 9.10. The molecule has 3 unspecified atom stereocenters. The normalized spacial score (nSPS) is 34.2. The molecule has 3 N–H and O–H groups in total. The molecule has 0 radical (unpaired) electrons. The zero-order chi connectivity index (χ0) is 16.9. The van der Waals surface area contributed by atoms with Gasteiger partial charge in [-0.1, -0.05) is 15.9 Å². The summed E-state index contributed by atoms with van der Waals surface area (Å²) in [6, 6.07) is 5.92. The summed E-state index contributed by atoms with van der Waals surface area (Å²) in [6.45, 7) is 5.02. The van der Waals surface area contributed by atoms with Crippen LogP contribution in [0.25, 0.3) is 0 Å². The first-order chi connectivity index (χ1) is 11.4. The van der Waals surface area contributed by atoms with Crippen molar-refractivity contribution in [2.75, 3.05) is 6.61 Å². The zero-order valence-electron chi connectivity index (χ0n) is 13.8. The molecular formula is C17H22BrN3O3. The maximum Gasteiger partial charge on any atom is 0.221 e. The zero-order valence-corrected chi connectivity index (χ0v) is 15.4. The van der Waals surface area contributed by atoms with Crippen LogP contribution in [0.5, 0.6) is 5.75 Å². The standard InChI is InChI=1S/C17H22BrN3O3/c1-16(2)8-10(5-6-22-16)14-9-17(20-15(19)21-24-17)12-7-11(18)3-4-13(12)23-14/h3-4,7,10,14H,5-6,8-9H2,1-2H3,(H3,19,20,21). The number of halogens is 1. The van der Waals surface area contributed by atoms with Crippen molar-refractivity contribution in [3.05, 3.63) is 28.2 Å². The topological polar surface area (TPSA) is 78.1 Å². The Kier molecular flexibility index (Phi) is 3.78. The van der Waals surface area contributed by atoms with Gasteiger partial charge >= 0.3 is 0 Å². The summed E-state index contributed by atoms with van der Waals surface area (Å²) in [5.74, 6) is 1.50. The number of rotatable bonds is 1. The largest absolute Gasteiger partial charge is 0.489 e. The third-order valence-electron chi connectivity index (χ3n) is 5.01. The van der Waals surface area contributed by atoms with E-state index in [4.69, 9.17) is 20.0 Å². The first-order valence-electron chi connectivity index (χ1n) is 8.27. The molecule has 3 atom stereocenters. The highest BCUT2D eigenvalue weighted by atomic mass is 79.9. The lowest BCUT2D eigenvalue weighted by Gasteiger charge is -2.43. The summed E-state index contributed by atoms with van der Waals surface area (Å²) in [6.07, 6.45) is 2.57. The second-order valence-electron chi connectivity index (χ2n) is 7.35. The van der Waals surface area contributed by atoms with Gasteiger partial charge in [0.1, 0.15) is 11.9 Å². The monoisotopic (exact) mass is 395 g/mol. The van der Waals surface area contributed by atoms with E-state index in [1.54, 1.807) is 0 Å². The minimum Gasteiger partial charge on any atom is -0.489 e. The van der Waals surface area contributed by atoms with Gasteiger partial charge in [0.05, 0.1) is 11.2 Å². The molecule has 0 saturated carbocycles. The Balaban J connectivity index is 1.70. The van der Waals surface area contributed by atoms with Crippen LogP contribution in [0.2, 0.25) is 0 Å². The molecule has 3 aliphatic rings. The Labute approximate surface area is 149 Å². The lowest BCUT2D eigenvalue weighted by atomic mass is 9.79. The van der Waals surface area contributed by atoms with Crippen LogP contribution < -0.4 is 16.0 Å². The van der Waals surface area contributed by atoms with E-state index in [2.05, 4.69) is 40.2 Å². The fraction of sp³-hybridized carbons (Fsp3) is 0.588. The quantitative estimate of drug-likeness (QED) is 0.764. The molecule has 3 heterocycles. The van der Waals surface area contributed by atoms with Gasteiger partial charge in [-0.3, -0.25) is 0 Å². The van der Waals surface area contributed by atoms with Crippen molar-refractivity contribution in [1.82, 2.24) is 5.48 Å². The molecule has 0 bridgehead atoms. The van der Waals surface area contributed by atoms with E-state index < -0.39 is 5.72 Å². The lowest BCUT2D eigenvalue weighted by Crippen LogP contribution is -2.46. The number of hydrogen-bond acceptors (Lipinski definition) is 6. The van der Waals surface area contributed by atoms with Crippen molar-refractivity contribution in [2.24, 2.45) is 16.6 Å². The number of hydrogen-bond donors (Lipinski definition) is 2. The molecule has 1 fully saturated rings. The van der Waals surface area contributed by atoms with Gasteiger partial charge in [-0.05, 0) is 44.9 Å². The summed E-state index contributed by atoms with van der Waals surface area (Å²) >= 11 is 3.51. The van der Waals surface area contributed by atoms with Crippen molar-refractivity contribution >= 4 is 21.9 Å². The van der Waals surface area contributed by atoms with E-state index in [1.165, 1.54) is 0 Å². The molecule has 6 nitrogen and oxygen atoms in total. The van der Waals surface area contributed by atoms with E-state index in [-0.39, 0.29) is 11.7 Å². The Bertz CT molecular complexity index is 694. The van der Waals surface area contributed by atoms with Crippen LogP contribution in [0.4, 0.5) is 0 Å². The molecule has 0 aliphatic carbocycles. The molecule has 1 aromatic rings. The van der Waals surface area contributed by atoms with Gasteiger partial charge in [0, 0.05) is 23.4 Å². The molecule has 1 spiro atoms. The third kappa shape index (κ3) is 2.78. The fourth-order valence-electron chi connectivity index (χ4n) is 3.94. The van der Waals surface area contributed by atoms with Crippen LogP contribution in [0.1, 0.15) is 38.7 Å². The first kappa shape index (κ1) is 16.2. The summed E-state index contributed by atoms with van der Waals surface area (Å²) in [5, 5.41) is 0. The molecule has 0 aromatic heterocycles. The van der Waals surface area contributed by atoms with Crippen molar-refractivity contribution in [1.29, 1.82) is 0 Å². The summed E-state index contributed by atoms with van der Waals surface area (Å²) in [4.78, 5) is 10.4. The number of hydroxylamine groups is 1. The second-order valence-corrected chi connectivity index (χ2v) is 8.26. The molecule has 0 amide bonds. The minimum absolute atomic E-state index is 0.0123. The van der Waals surface area contributed by atoms with Gasteiger partial charge in [-0.2, -0.15) is 0 Å². The maximum absolute atomic E-state index is 6.35. The Hall–Kier alpha value is -1.31. The van der Waals surface area contributed by atoms with Crippen LogP contribution in [-0.4, -0.2) is 24.3 Å². The SMILES string of the molecule is CC1(C)CC(C2CC3(N=C(N)NO3)c3cc(Br)ccc3O2)CCO1. The predicted octanol–water partition coefficient (Wildman–Crippen LogP) is 2.81. The van der Waals surface area contributed by atoms with E-state index in [9.17, 15) is 0 Å². The molecule has 130 valence electrons. The van der Waals surface area contributed by atoms with Crippen LogP contribution in [0.3, 0.4) is 0 Å². The van der Waals surface area contributed by atoms with Gasteiger partial charge in [-0.15, -0.1) is 0 Å². The molecule has 1 aromatic carbocycles. The summed E-state index contributed by atoms with van der Waals surface area (Å²) in [5.41, 5.74) is 8.50. The van der Waals surface area contributed by atoms with Gasteiger partial charge in [0.2, 0.25) is 11.7 Å². The van der Waals surface area contributed by atoms with Crippen molar-refractivity contribution in [3.63, 3.8) is 0 Å². The third-order valence-corrected chi connectivity index (χ3v) is 5.50. The molecule has 3 aliphatic heterocycles. The number of benzene rings is 1. The number of fused-ring (bicyclic) bond motifs is 2. The van der Waals surface area contributed by atoms with Gasteiger partial charge < -0.3 is 15.2 Å². The number of nitrogens with zero attached hydrogens (tertiary/aromatic N) is 1. The van der Waals surface area contributed by atoms with Crippen LogP contribution in [0, 0.1) is 5.92 Å². The summed E-state index contributed by atoms with van der Waals surface area (Å²) in [7, 11) is 0. The molecule has 1 saturated heterocycles. The van der Waals surface area contributed by atoms with E-state index in [0.717, 1.165) is 35.2 Å². The van der Waals surface area contributed by atoms with Crippen LogP contribution in [0.15, 0.2) is 27.7 Å². The van der Waals surface area contributed by atoms with Crippen LogP contribution in [-0.2, 0) is 15.3 Å². The Morgan fingerprint density at radius 2 is 2.17 bits per heavy atom. The van der Waals surface area contributed by atoms with Gasteiger partial charge in [-0.25, -0.2) is 15.3 Å². The average Bonchev–Trinajstić information content (AvgIpc) is 2.88. The average molecular weight is 396 g/mol. The first-order valence-corrected chi connectivity index (χ1v) is 9.06. The highest BCUT2D eigenvalue weighted by Gasteiger charge is 2.49.